The second-order valence-electron chi connectivity index (χ2n) is 6.05. The summed E-state index contributed by atoms with van der Waals surface area (Å²) in [4.78, 5) is 2.40. The summed E-state index contributed by atoms with van der Waals surface area (Å²) in [6.45, 7) is 3.02. The van der Waals surface area contributed by atoms with Crippen molar-refractivity contribution in [1.29, 1.82) is 0 Å². The summed E-state index contributed by atoms with van der Waals surface area (Å²) in [5, 5.41) is 0.902. The van der Waals surface area contributed by atoms with Crippen molar-refractivity contribution >= 4 is 17.3 Å². The predicted molar refractivity (Wildman–Crippen MR) is 82.1 cm³/mol. The van der Waals surface area contributed by atoms with Gasteiger partial charge in [-0.3, -0.25) is 0 Å². The number of rotatable bonds is 3. The minimum atomic E-state index is 0.188. The number of nitrogens with zero attached hydrogens (tertiary/aromatic N) is 1. The lowest BCUT2D eigenvalue weighted by Crippen LogP contribution is -2.32. The molecule has 0 spiro atoms. The molecule has 2 N–H and O–H groups in total. The third-order valence-corrected chi connectivity index (χ3v) is 5.26. The van der Waals surface area contributed by atoms with Gasteiger partial charge in [0.15, 0.2) is 0 Å². The molecule has 1 aliphatic heterocycles. The van der Waals surface area contributed by atoms with Crippen molar-refractivity contribution in [1.82, 2.24) is 0 Å². The Morgan fingerprint density at radius 1 is 1.11 bits per heavy atom. The highest BCUT2D eigenvalue weighted by Crippen LogP contribution is 2.42. The van der Waals surface area contributed by atoms with Crippen LogP contribution in [0, 0.1) is 0 Å². The summed E-state index contributed by atoms with van der Waals surface area (Å²) in [7, 11) is 0. The van der Waals surface area contributed by atoms with Gasteiger partial charge in [-0.25, -0.2) is 0 Å². The maximum atomic E-state index is 6.52. The Labute approximate surface area is 120 Å². The van der Waals surface area contributed by atoms with E-state index in [1.54, 1.807) is 0 Å². The fourth-order valence-corrected chi connectivity index (χ4v) is 4.01. The highest BCUT2D eigenvalue weighted by Gasteiger charge is 2.34. The molecule has 1 aromatic carbocycles. The summed E-state index contributed by atoms with van der Waals surface area (Å²) in [5.74, 6) is 0. The van der Waals surface area contributed by atoms with E-state index in [9.17, 15) is 0 Å². The Bertz CT molecular complexity index is 446. The first kappa shape index (κ1) is 13.3. The van der Waals surface area contributed by atoms with Gasteiger partial charge in [0.05, 0.1) is 10.7 Å². The quantitative estimate of drug-likeness (QED) is 0.913. The van der Waals surface area contributed by atoms with E-state index in [4.69, 9.17) is 17.3 Å². The van der Waals surface area contributed by atoms with Gasteiger partial charge in [-0.05, 0) is 43.4 Å². The zero-order chi connectivity index (χ0) is 13.3. The molecule has 0 atom stereocenters. The number of halogens is 1. The maximum Gasteiger partial charge on any atom is 0.0642 e. The number of anilines is 1. The van der Waals surface area contributed by atoms with Gasteiger partial charge in [0.25, 0.3) is 0 Å². The van der Waals surface area contributed by atoms with Gasteiger partial charge in [0.1, 0.15) is 0 Å². The van der Waals surface area contributed by atoms with Gasteiger partial charge in [-0.1, -0.05) is 30.5 Å². The SMILES string of the molecule is NCC1(c2ccc(N3CCCC3)c(Cl)c2)CCCC1. The molecule has 1 heterocycles. The lowest BCUT2D eigenvalue weighted by Gasteiger charge is -2.29. The van der Waals surface area contributed by atoms with Crippen molar-refractivity contribution < 1.29 is 0 Å². The Balaban J connectivity index is 1.90. The summed E-state index contributed by atoms with van der Waals surface area (Å²) in [6, 6.07) is 6.64. The predicted octanol–water partition coefficient (Wildman–Crippen LogP) is 3.71. The van der Waals surface area contributed by atoms with Crippen LogP contribution in [0.25, 0.3) is 0 Å². The molecule has 3 heteroatoms. The monoisotopic (exact) mass is 278 g/mol. The third kappa shape index (κ3) is 2.36. The highest BCUT2D eigenvalue weighted by atomic mass is 35.5. The first-order chi connectivity index (χ1) is 9.25. The molecule has 0 unspecified atom stereocenters. The lowest BCUT2D eigenvalue weighted by atomic mass is 9.79. The molecule has 2 nitrogen and oxygen atoms in total. The maximum absolute atomic E-state index is 6.52. The van der Waals surface area contributed by atoms with Crippen LogP contribution in [0.3, 0.4) is 0 Å². The van der Waals surface area contributed by atoms with Crippen molar-refractivity contribution in [2.45, 2.75) is 43.9 Å². The lowest BCUT2D eigenvalue weighted by molar-refractivity contribution is 0.453. The molecule has 2 fully saturated rings. The minimum Gasteiger partial charge on any atom is -0.370 e. The summed E-state index contributed by atoms with van der Waals surface area (Å²) < 4.78 is 0. The van der Waals surface area contributed by atoms with Gasteiger partial charge in [-0.15, -0.1) is 0 Å². The van der Waals surface area contributed by atoms with Crippen molar-refractivity contribution in [3.63, 3.8) is 0 Å². The summed E-state index contributed by atoms with van der Waals surface area (Å²) >= 11 is 6.52. The van der Waals surface area contributed by atoms with E-state index < -0.39 is 0 Å². The van der Waals surface area contributed by atoms with E-state index >= 15 is 0 Å². The normalized spacial score (nSPS) is 22.1. The van der Waals surface area contributed by atoms with Crippen molar-refractivity contribution in [2.24, 2.45) is 5.73 Å². The van der Waals surface area contributed by atoms with E-state index in [2.05, 4.69) is 23.1 Å². The third-order valence-electron chi connectivity index (χ3n) is 4.96. The number of hydrogen-bond donors (Lipinski definition) is 1. The van der Waals surface area contributed by atoms with Gasteiger partial charge in [0, 0.05) is 25.0 Å². The number of nitrogens with two attached hydrogens (primary N) is 1. The average Bonchev–Trinajstić information content (AvgIpc) is 3.11. The fraction of sp³-hybridized carbons (Fsp3) is 0.625. The van der Waals surface area contributed by atoms with Crippen LogP contribution in [0.15, 0.2) is 18.2 Å². The second-order valence-corrected chi connectivity index (χ2v) is 6.46. The van der Waals surface area contributed by atoms with E-state index in [0.29, 0.717) is 0 Å². The van der Waals surface area contributed by atoms with Crippen LogP contribution >= 0.6 is 11.6 Å². The topological polar surface area (TPSA) is 29.3 Å². The molecule has 2 aliphatic rings. The van der Waals surface area contributed by atoms with Crippen LogP contribution in [0.2, 0.25) is 5.02 Å². The van der Waals surface area contributed by atoms with Crippen molar-refractivity contribution in [3.05, 3.63) is 28.8 Å². The molecule has 1 aliphatic carbocycles. The molecule has 0 amide bonds. The van der Waals surface area contributed by atoms with Crippen molar-refractivity contribution in [2.75, 3.05) is 24.5 Å². The molecule has 104 valence electrons. The smallest absolute Gasteiger partial charge is 0.0642 e. The van der Waals surface area contributed by atoms with Gasteiger partial charge >= 0.3 is 0 Å². The molecule has 0 radical (unpaired) electrons. The Hall–Kier alpha value is -0.730. The van der Waals surface area contributed by atoms with E-state index in [0.717, 1.165) is 24.7 Å². The summed E-state index contributed by atoms with van der Waals surface area (Å²) in [6.07, 6.45) is 7.58. The van der Waals surface area contributed by atoms with Crippen LogP contribution in [0.1, 0.15) is 44.1 Å². The van der Waals surface area contributed by atoms with Crippen molar-refractivity contribution in [3.8, 4) is 0 Å². The average molecular weight is 279 g/mol. The number of hydrogen-bond acceptors (Lipinski definition) is 2. The molecule has 3 rings (SSSR count). The van der Waals surface area contributed by atoms with E-state index in [-0.39, 0.29) is 5.41 Å². The zero-order valence-corrected chi connectivity index (χ0v) is 12.3. The molecule has 1 saturated heterocycles. The van der Waals surface area contributed by atoms with Crippen LogP contribution in [-0.2, 0) is 5.41 Å². The Kier molecular flexibility index (Phi) is 3.72. The van der Waals surface area contributed by atoms with Crippen LogP contribution in [0.4, 0.5) is 5.69 Å². The molecule has 19 heavy (non-hydrogen) atoms. The fourth-order valence-electron chi connectivity index (χ4n) is 3.71. The van der Waals surface area contributed by atoms with Gasteiger partial charge in [-0.2, -0.15) is 0 Å². The molecule has 0 aromatic heterocycles. The van der Waals surface area contributed by atoms with Crippen LogP contribution in [-0.4, -0.2) is 19.6 Å². The Morgan fingerprint density at radius 2 is 1.79 bits per heavy atom. The van der Waals surface area contributed by atoms with E-state index in [1.807, 2.05) is 0 Å². The largest absolute Gasteiger partial charge is 0.370 e. The molecule has 1 aromatic rings. The van der Waals surface area contributed by atoms with Crippen LogP contribution < -0.4 is 10.6 Å². The first-order valence-electron chi connectivity index (χ1n) is 7.50. The molecule has 0 bridgehead atoms. The zero-order valence-electron chi connectivity index (χ0n) is 11.5. The molecular weight excluding hydrogens is 256 g/mol. The Morgan fingerprint density at radius 3 is 2.37 bits per heavy atom. The minimum absolute atomic E-state index is 0.188. The molecule has 1 saturated carbocycles. The second kappa shape index (κ2) is 5.34. The highest BCUT2D eigenvalue weighted by molar-refractivity contribution is 6.33. The van der Waals surface area contributed by atoms with Crippen LogP contribution in [0.5, 0.6) is 0 Å². The molecular formula is C16H23ClN2. The van der Waals surface area contributed by atoms with Gasteiger partial charge in [0.2, 0.25) is 0 Å². The first-order valence-corrected chi connectivity index (χ1v) is 7.88. The summed E-state index contributed by atoms with van der Waals surface area (Å²) in [5.41, 5.74) is 8.79. The van der Waals surface area contributed by atoms with Gasteiger partial charge < -0.3 is 10.6 Å². The standard InChI is InChI=1S/C16H23ClN2/c17-14-11-13(16(12-18)7-1-2-8-16)5-6-15(14)19-9-3-4-10-19/h5-6,11H,1-4,7-10,12,18H2. The number of benzene rings is 1. The van der Waals surface area contributed by atoms with E-state index in [1.165, 1.54) is 49.8 Å².